The fourth-order valence-corrected chi connectivity index (χ4v) is 3.04. The molecule has 1 aliphatic heterocycles. The highest BCUT2D eigenvalue weighted by Crippen LogP contribution is 2.37. The summed E-state index contributed by atoms with van der Waals surface area (Å²) in [5, 5.41) is 0. The number of ether oxygens (including phenoxy) is 1. The standard InChI is InChI=1S/C17H28N2O/c1-12(2)20-14-8-6-7-13(11-14)16-15(18)9-10-19(16)17(3,4)5/h6-8,11-12,15-16H,9-10,18H2,1-5H3. The number of hydrogen-bond donors (Lipinski definition) is 1. The second kappa shape index (κ2) is 5.74. The van der Waals surface area contributed by atoms with E-state index in [-0.39, 0.29) is 23.7 Å². The van der Waals surface area contributed by atoms with Crippen molar-refractivity contribution in [2.45, 2.75) is 64.8 Å². The van der Waals surface area contributed by atoms with E-state index in [0.717, 1.165) is 18.7 Å². The third-order valence-corrected chi connectivity index (χ3v) is 3.88. The van der Waals surface area contributed by atoms with E-state index < -0.39 is 0 Å². The normalized spacial score (nSPS) is 24.4. The van der Waals surface area contributed by atoms with Crippen LogP contribution in [0.2, 0.25) is 0 Å². The second-order valence-corrected chi connectivity index (χ2v) is 7.00. The zero-order valence-electron chi connectivity index (χ0n) is 13.4. The van der Waals surface area contributed by atoms with Crippen LogP contribution in [-0.4, -0.2) is 29.1 Å². The molecule has 3 nitrogen and oxygen atoms in total. The van der Waals surface area contributed by atoms with Crippen LogP contribution in [0.1, 0.15) is 52.6 Å². The van der Waals surface area contributed by atoms with Crippen LogP contribution in [0, 0.1) is 0 Å². The molecular formula is C17H28N2O. The first-order chi connectivity index (χ1) is 9.29. The Morgan fingerprint density at radius 3 is 2.60 bits per heavy atom. The van der Waals surface area contributed by atoms with Crippen LogP contribution >= 0.6 is 0 Å². The van der Waals surface area contributed by atoms with Crippen LogP contribution in [0.5, 0.6) is 5.75 Å². The molecule has 2 rings (SSSR count). The quantitative estimate of drug-likeness (QED) is 0.920. The van der Waals surface area contributed by atoms with E-state index in [9.17, 15) is 0 Å². The minimum Gasteiger partial charge on any atom is -0.491 e. The minimum atomic E-state index is 0.133. The molecule has 0 bridgehead atoms. The number of likely N-dealkylation sites (tertiary alicyclic amines) is 1. The van der Waals surface area contributed by atoms with Crippen molar-refractivity contribution in [2.24, 2.45) is 5.73 Å². The highest BCUT2D eigenvalue weighted by molar-refractivity contribution is 5.32. The molecule has 0 aliphatic carbocycles. The number of rotatable bonds is 3. The first-order valence-corrected chi connectivity index (χ1v) is 7.58. The summed E-state index contributed by atoms with van der Waals surface area (Å²) < 4.78 is 5.81. The molecule has 2 unspecified atom stereocenters. The van der Waals surface area contributed by atoms with Gasteiger partial charge in [0, 0.05) is 18.1 Å². The lowest BCUT2D eigenvalue weighted by Crippen LogP contribution is -2.43. The van der Waals surface area contributed by atoms with Crippen LogP contribution in [0.3, 0.4) is 0 Å². The molecule has 2 N–H and O–H groups in total. The van der Waals surface area contributed by atoms with Gasteiger partial charge < -0.3 is 10.5 Å². The minimum absolute atomic E-state index is 0.133. The molecule has 1 aromatic rings. The van der Waals surface area contributed by atoms with E-state index in [0.29, 0.717) is 0 Å². The first kappa shape index (κ1) is 15.3. The van der Waals surface area contributed by atoms with E-state index in [4.69, 9.17) is 10.5 Å². The van der Waals surface area contributed by atoms with Gasteiger partial charge in [-0.25, -0.2) is 0 Å². The van der Waals surface area contributed by atoms with Gasteiger partial charge in [0.25, 0.3) is 0 Å². The summed E-state index contributed by atoms with van der Waals surface area (Å²) in [4.78, 5) is 2.51. The molecule has 1 heterocycles. The SMILES string of the molecule is CC(C)Oc1cccc(C2C(N)CCN2C(C)(C)C)c1. The van der Waals surface area contributed by atoms with E-state index in [1.807, 2.05) is 6.07 Å². The fraction of sp³-hybridized carbons (Fsp3) is 0.647. The Hall–Kier alpha value is -1.06. The smallest absolute Gasteiger partial charge is 0.120 e. The predicted molar refractivity (Wildman–Crippen MR) is 84.0 cm³/mol. The van der Waals surface area contributed by atoms with Crippen LogP contribution in [0.4, 0.5) is 0 Å². The van der Waals surface area contributed by atoms with Crippen molar-refractivity contribution in [3.63, 3.8) is 0 Å². The van der Waals surface area contributed by atoms with Crippen LogP contribution < -0.4 is 10.5 Å². The van der Waals surface area contributed by atoms with Crippen LogP contribution in [0.25, 0.3) is 0 Å². The zero-order chi connectivity index (χ0) is 14.9. The average molecular weight is 276 g/mol. The van der Waals surface area contributed by atoms with Gasteiger partial charge in [-0.3, -0.25) is 4.90 Å². The molecule has 1 aliphatic rings. The third kappa shape index (κ3) is 3.33. The lowest BCUT2D eigenvalue weighted by atomic mass is 9.97. The van der Waals surface area contributed by atoms with Crippen molar-refractivity contribution >= 4 is 0 Å². The summed E-state index contributed by atoms with van der Waals surface area (Å²) >= 11 is 0. The van der Waals surface area contributed by atoms with Crippen molar-refractivity contribution in [3.8, 4) is 5.75 Å². The molecule has 0 radical (unpaired) electrons. The Morgan fingerprint density at radius 1 is 1.30 bits per heavy atom. The molecule has 1 fully saturated rings. The number of hydrogen-bond acceptors (Lipinski definition) is 3. The van der Waals surface area contributed by atoms with Gasteiger partial charge in [0.05, 0.1) is 12.1 Å². The molecule has 0 aromatic heterocycles. The largest absolute Gasteiger partial charge is 0.491 e. The number of nitrogens with zero attached hydrogens (tertiary/aromatic N) is 1. The van der Waals surface area contributed by atoms with Crippen molar-refractivity contribution in [2.75, 3.05) is 6.54 Å². The van der Waals surface area contributed by atoms with Crippen LogP contribution in [0.15, 0.2) is 24.3 Å². The summed E-state index contributed by atoms with van der Waals surface area (Å²) in [6.07, 6.45) is 1.25. The third-order valence-electron chi connectivity index (χ3n) is 3.88. The Labute approximate surface area is 123 Å². The Bertz CT molecular complexity index is 451. The van der Waals surface area contributed by atoms with Gasteiger partial charge >= 0.3 is 0 Å². The van der Waals surface area contributed by atoms with Gasteiger partial charge in [-0.15, -0.1) is 0 Å². The highest BCUT2D eigenvalue weighted by Gasteiger charge is 2.38. The van der Waals surface area contributed by atoms with E-state index in [2.05, 4.69) is 57.7 Å². The molecule has 3 heteroatoms. The predicted octanol–water partition coefficient (Wildman–Crippen LogP) is 3.35. The summed E-state index contributed by atoms with van der Waals surface area (Å²) in [5.74, 6) is 0.936. The molecule has 112 valence electrons. The molecule has 20 heavy (non-hydrogen) atoms. The van der Waals surface area contributed by atoms with Gasteiger partial charge in [0.2, 0.25) is 0 Å². The van der Waals surface area contributed by atoms with E-state index in [1.54, 1.807) is 0 Å². The summed E-state index contributed by atoms with van der Waals surface area (Å²) in [7, 11) is 0. The molecule has 0 spiro atoms. The van der Waals surface area contributed by atoms with Gasteiger partial charge in [0.1, 0.15) is 5.75 Å². The van der Waals surface area contributed by atoms with Crippen molar-refractivity contribution in [1.82, 2.24) is 4.90 Å². The summed E-state index contributed by atoms with van der Waals surface area (Å²) in [6, 6.07) is 8.88. The lowest BCUT2D eigenvalue weighted by molar-refractivity contribution is 0.116. The second-order valence-electron chi connectivity index (χ2n) is 7.00. The van der Waals surface area contributed by atoms with Crippen molar-refractivity contribution in [1.29, 1.82) is 0 Å². The maximum atomic E-state index is 6.37. The van der Waals surface area contributed by atoms with Crippen LogP contribution in [-0.2, 0) is 0 Å². The van der Waals surface area contributed by atoms with E-state index >= 15 is 0 Å². The molecule has 0 saturated carbocycles. The van der Waals surface area contributed by atoms with Gasteiger partial charge in [-0.05, 0) is 58.7 Å². The summed E-state index contributed by atoms with van der Waals surface area (Å²) in [5.41, 5.74) is 7.77. The van der Waals surface area contributed by atoms with E-state index in [1.165, 1.54) is 5.56 Å². The van der Waals surface area contributed by atoms with Crippen molar-refractivity contribution in [3.05, 3.63) is 29.8 Å². The topological polar surface area (TPSA) is 38.5 Å². The molecule has 0 amide bonds. The Balaban J connectivity index is 2.28. The maximum absolute atomic E-state index is 6.37. The molecule has 2 atom stereocenters. The zero-order valence-corrected chi connectivity index (χ0v) is 13.4. The highest BCUT2D eigenvalue weighted by atomic mass is 16.5. The number of nitrogens with two attached hydrogens (primary N) is 1. The molecule has 1 aromatic carbocycles. The summed E-state index contributed by atoms with van der Waals surface area (Å²) in [6.45, 7) is 11.9. The lowest BCUT2D eigenvalue weighted by Gasteiger charge is -2.38. The van der Waals surface area contributed by atoms with Gasteiger partial charge in [-0.1, -0.05) is 12.1 Å². The van der Waals surface area contributed by atoms with Gasteiger partial charge in [-0.2, -0.15) is 0 Å². The first-order valence-electron chi connectivity index (χ1n) is 7.58. The fourth-order valence-electron chi connectivity index (χ4n) is 3.04. The Morgan fingerprint density at radius 2 is 2.00 bits per heavy atom. The Kier molecular flexibility index (Phi) is 4.40. The number of benzene rings is 1. The molecule has 1 saturated heterocycles. The maximum Gasteiger partial charge on any atom is 0.120 e. The average Bonchev–Trinajstić information content (AvgIpc) is 2.70. The monoisotopic (exact) mass is 276 g/mol. The van der Waals surface area contributed by atoms with Gasteiger partial charge in [0.15, 0.2) is 0 Å². The molecular weight excluding hydrogens is 248 g/mol. The van der Waals surface area contributed by atoms with Crippen molar-refractivity contribution < 1.29 is 4.74 Å².